The normalized spacial score (nSPS) is 17.4. The van der Waals surface area contributed by atoms with Crippen molar-refractivity contribution in [2.75, 3.05) is 6.54 Å². The Bertz CT molecular complexity index is 981. The highest BCUT2D eigenvalue weighted by Crippen LogP contribution is 2.40. The van der Waals surface area contributed by atoms with Crippen molar-refractivity contribution in [3.05, 3.63) is 62.3 Å². The molecule has 1 atom stereocenters. The van der Waals surface area contributed by atoms with Gasteiger partial charge >= 0.3 is 0 Å². The molecule has 1 unspecified atom stereocenters. The van der Waals surface area contributed by atoms with Gasteiger partial charge in [0.15, 0.2) is 5.76 Å². The van der Waals surface area contributed by atoms with Crippen molar-refractivity contribution in [1.82, 2.24) is 9.88 Å². The molecule has 0 bridgehead atoms. The zero-order valence-corrected chi connectivity index (χ0v) is 18.7. The lowest BCUT2D eigenvalue weighted by atomic mass is 9.85. The predicted molar refractivity (Wildman–Crippen MR) is 115 cm³/mol. The van der Waals surface area contributed by atoms with Crippen LogP contribution in [0.4, 0.5) is 0 Å². The van der Waals surface area contributed by atoms with Crippen LogP contribution in [-0.4, -0.2) is 33.2 Å². The lowest BCUT2D eigenvalue weighted by Crippen LogP contribution is -2.31. The number of ketones is 1. The van der Waals surface area contributed by atoms with E-state index in [2.05, 4.69) is 25.8 Å². The molecule has 1 N–H and O–H groups in total. The van der Waals surface area contributed by atoms with E-state index in [0.717, 1.165) is 17.0 Å². The summed E-state index contributed by atoms with van der Waals surface area (Å²) >= 11 is 1.29. The Balaban J connectivity index is 2.10. The number of benzene rings is 1. The zero-order valence-electron chi connectivity index (χ0n) is 17.9. The number of rotatable bonds is 5. The van der Waals surface area contributed by atoms with Gasteiger partial charge < -0.3 is 10.0 Å². The molecular formula is C23H28N2O3S. The van der Waals surface area contributed by atoms with Crippen molar-refractivity contribution in [1.29, 1.82) is 0 Å². The summed E-state index contributed by atoms with van der Waals surface area (Å²) in [5, 5.41) is 11.4. The fraction of sp³-hybridized carbons (Fsp3) is 0.435. The van der Waals surface area contributed by atoms with Crippen LogP contribution in [0, 0.1) is 13.8 Å². The molecule has 1 aliphatic heterocycles. The summed E-state index contributed by atoms with van der Waals surface area (Å²) < 4.78 is 0. The Hall–Kier alpha value is -2.47. The van der Waals surface area contributed by atoms with Crippen LogP contribution < -0.4 is 0 Å². The number of aliphatic hydroxyl groups excluding tert-OH is 1. The van der Waals surface area contributed by atoms with Gasteiger partial charge in [0.25, 0.3) is 5.91 Å². The number of amides is 1. The van der Waals surface area contributed by atoms with Crippen LogP contribution in [-0.2, 0) is 10.2 Å². The maximum atomic E-state index is 13.4. The minimum absolute atomic E-state index is 0.00103. The highest BCUT2D eigenvalue weighted by atomic mass is 32.1. The molecule has 0 fully saturated rings. The predicted octanol–water partition coefficient (Wildman–Crippen LogP) is 5.05. The van der Waals surface area contributed by atoms with Crippen LogP contribution in [0.3, 0.4) is 0 Å². The molecule has 0 aliphatic carbocycles. The third-order valence-electron chi connectivity index (χ3n) is 5.22. The molecule has 29 heavy (non-hydrogen) atoms. The molecule has 0 radical (unpaired) electrons. The Morgan fingerprint density at radius 2 is 1.83 bits per heavy atom. The number of Topliss-reactive ketones (excluding diaryl/α,β-unsaturated/α-hetero) is 1. The molecule has 1 amide bonds. The number of thiazole rings is 1. The van der Waals surface area contributed by atoms with Crippen LogP contribution in [0.1, 0.15) is 71.7 Å². The average molecular weight is 413 g/mol. The number of carbonyl (C=O) groups is 2. The molecule has 2 heterocycles. The number of aliphatic hydroxyl groups is 1. The Kier molecular flexibility index (Phi) is 5.68. The molecule has 3 rings (SSSR count). The Labute approximate surface area is 176 Å². The van der Waals surface area contributed by atoms with Crippen LogP contribution in [0.2, 0.25) is 0 Å². The zero-order chi connectivity index (χ0) is 21.5. The van der Waals surface area contributed by atoms with E-state index in [1.54, 1.807) is 11.8 Å². The van der Waals surface area contributed by atoms with Gasteiger partial charge in [-0.3, -0.25) is 9.59 Å². The third kappa shape index (κ3) is 3.86. The molecule has 2 aromatic rings. The maximum Gasteiger partial charge on any atom is 0.290 e. The Morgan fingerprint density at radius 1 is 1.21 bits per heavy atom. The SMILES string of the molecule is CCCN1C(=O)C(O)=C(C(=O)c2sc(C)nc2C)C1c1ccc(C(C)(C)C)cc1. The first-order valence-electron chi connectivity index (χ1n) is 9.89. The molecule has 0 saturated heterocycles. The first kappa shape index (κ1) is 21.2. The van der Waals surface area contributed by atoms with E-state index < -0.39 is 17.7 Å². The number of hydrogen-bond donors (Lipinski definition) is 1. The maximum absolute atomic E-state index is 13.4. The van der Waals surface area contributed by atoms with Crippen molar-refractivity contribution in [2.45, 2.75) is 59.4 Å². The van der Waals surface area contributed by atoms with E-state index >= 15 is 0 Å². The molecule has 1 aliphatic rings. The van der Waals surface area contributed by atoms with Crippen LogP contribution in [0.25, 0.3) is 0 Å². The van der Waals surface area contributed by atoms with E-state index in [1.165, 1.54) is 16.9 Å². The molecule has 1 aromatic heterocycles. The lowest BCUT2D eigenvalue weighted by Gasteiger charge is -2.27. The highest BCUT2D eigenvalue weighted by molar-refractivity contribution is 7.14. The Morgan fingerprint density at radius 3 is 2.31 bits per heavy atom. The van der Waals surface area contributed by atoms with Gasteiger partial charge in [-0.1, -0.05) is 52.0 Å². The standard InChI is InChI=1S/C23H28N2O3S/c1-7-12-25-18(15-8-10-16(11-9-15)23(4,5)6)17(20(27)22(25)28)19(26)21-13(2)24-14(3)29-21/h8-11,18,27H,7,12H2,1-6H3. The second-order valence-corrected chi connectivity index (χ2v) is 9.72. The van der Waals surface area contributed by atoms with Gasteiger partial charge in [-0.2, -0.15) is 0 Å². The molecule has 0 saturated carbocycles. The number of carbonyl (C=O) groups excluding carboxylic acids is 2. The summed E-state index contributed by atoms with van der Waals surface area (Å²) in [7, 11) is 0. The van der Waals surface area contributed by atoms with Gasteiger partial charge in [-0.15, -0.1) is 11.3 Å². The molecular weight excluding hydrogens is 384 g/mol. The second kappa shape index (κ2) is 7.75. The highest BCUT2D eigenvalue weighted by Gasteiger charge is 2.44. The second-order valence-electron chi connectivity index (χ2n) is 8.51. The largest absolute Gasteiger partial charge is 0.503 e. The minimum Gasteiger partial charge on any atom is -0.503 e. The fourth-order valence-electron chi connectivity index (χ4n) is 3.73. The first-order valence-corrected chi connectivity index (χ1v) is 10.7. The summed E-state index contributed by atoms with van der Waals surface area (Å²) in [6, 6.07) is 7.38. The molecule has 6 heteroatoms. The van der Waals surface area contributed by atoms with Crippen LogP contribution in [0.15, 0.2) is 35.6 Å². The fourth-order valence-corrected chi connectivity index (χ4v) is 4.61. The molecule has 154 valence electrons. The molecule has 0 spiro atoms. The topological polar surface area (TPSA) is 70.5 Å². The van der Waals surface area contributed by atoms with Crippen molar-refractivity contribution in [3.8, 4) is 0 Å². The van der Waals surface area contributed by atoms with Gasteiger partial charge in [-0.25, -0.2) is 4.98 Å². The average Bonchev–Trinajstić information content (AvgIpc) is 3.12. The summed E-state index contributed by atoms with van der Waals surface area (Å²) in [6.07, 6.45) is 0.732. The summed E-state index contributed by atoms with van der Waals surface area (Å²) in [5.41, 5.74) is 2.77. The summed E-state index contributed by atoms with van der Waals surface area (Å²) in [6.45, 7) is 12.5. The van der Waals surface area contributed by atoms with Crippen molar-refractivity contribution in [3.63, 3.8) is 0 Å². The summed E-state index contributed by atoms with van der Waals surface area (Å²) in [5.74, 6) is -1.25. The van der Waals surface area contributed by atoms with Crippen LogP contribution >= 0.6 is 11.3 Å². The number of nitrogens with zero attached hydrogens (tertiary/aromatic N) is 2. The summed E-state index contributed by atoms with van der Waals surface area (Å²) in [4.78, 5) is 32.6. The van der Waals surface area contributed by atoms with Gasteiger partial charge in [-0.05, 0) is 36.8 Å². The van der Waals surface area contributed by atoms with Gasteiger partial charge in [0, 0.05) is 6.54 Å². The van der Waals surface area contributed by atoms with E-state index in [-0.39, 0.29) is 16.8 Å². The number of aryl methyl sites for hydroxylation is 2. The number of hydrogen-bond acceptors (Lipinski definition) is 5. The smallest absolute Gasteiger partial charge is 0.290 e. The third-order valence-corrected chi connectivity index (χ3v) is 6.29. The number of aromatic nitrogens is 1. The van der Waals surface area contributed by atoms with Crippen molar-refractivity contribution < 1.29 is 14.7 Å². The van der Waals surface area contributed by atoms with Gasteiger partial charge in [0.05, 0.1) is 27.2 Å². The van der Waals surface area contributed by atoms with E-state index in [9.17, 15) is 14.7 Å². The molecule has 1 aromatic carbocycles. The van der Waals surface area contributed by atoms with Crippen LogP contribution in [0.5, 0.6) is 0 Å². The van der Waals surface area contributed by atoms with E-state index in [1.807, 2.05) is 38.1 Å². The van der Waals surface area contributed by atoms with E-state index in [4.69, 9.17) is 0 Å². The minimum atomic E-state index is -0.592. The first-order chi connectivity index (χ1) is 13.6. The van der Waals surface area contributed by atoms with Crippen molar-refractivity contribution in [2.24, 2.45) is 0 Å². The van der Waals surface area contributed by atoms with E-state index in [0.29, 0.717) is 17.1 Å². The van der Waals surface area contributed by atoms with Crippen molar-refractivity contribution >= 4 is 23.0 Å². The van der Waals surface area contributed by atoms with Gasteiger partial charge in [0.1, 0.15) is 0 Å². The van der Waals surface area contributed by atoms with Gasteiger partial charge in [0.2, 0.25) is 5.78 Å². The quantitative estimate of drug-likeness (QED) is 0.698. The monoisotopic (exact) mass is 412 g/mol. The lowest BCUT2D eigenvalue weighted by molar-refractivity contribution is -0.129. The molecule has 5 nitrogen and oxygen atoms in total.